The van der Waals surface area contributed by atoms with Crippen LogP contribution in [0.1, 0.15) is 76.6 Å². The first-order valence-corrected chi connectivity index (χ1v) is 11.7. The molecule has 0 aliphatic heterocycles. The SMILES string of the molecule is CCCCNC(=O)C(c1cc(C)cc(C)c1)N(CCC)C(=O)C(CO)NC(=O)OC(C)(C)C. The highest BCUT2D eigenvalue weighted by molar-refractivity contribution is 5.92. The molecular formula is C25H41N3O5. The van der Waals surface area contributed by atoms with Crippen LogP contribution < -0.4 is 10.6 Å². The summed E-state index contributed by atoms with van der Waals surface area (Å²) < 4.78 is 5.24. The number of hydrogen-bond donors (Lipinski definition) is 3. The molecule has 3 N–H and O–H groups in total. The van der Waals surface area contributed by atoms with Gasteiger partial charge in [-0.15, -0.1) is 0 Å². The maximum absolute atomic E-state index is 13.5. The number of aryl methyl sites for hydroxylation is 2. The molecule has 1 aromatic rings. The standard InChI is InChI=1S/C25H41N3O5/c1-8-10-11-26-22(30)21(19-14-17(3)13-18(4)15-19)28(12-9-2)23(31)20(16-29)27-24(32)33-25(5,6)7/h13-15,20-21,29H,8-12,16H2,1-7H3,(H,26,30)(H,27,32). The molecule has 0 aromatic heterocycles. The largest absolute Gasteiger partial charge is 0.444 e. The monoisotopic (exact) mass is 463 g/mol. The van der Waals surface area contributed by atoms with Crippen LogP contribution in [0.4, 0.5) is 4.79 Å². The average molecular weight is 464 g/mol. The Hall–Kier alpha value is -2.61. The van der Waals surface area contributed by atoms with E-state index in [1.165, 1.54) is 4.90 Å². The summed E-state index contributed by atoms with van der Waals surface area (Å²) in [6.45, 7) is 13.1. The number of rotatable bonds is 11. The zero-order chi connectivity index (χ0) is 25.2. The van der Waals surface area contributed by atoms with Crippen LogP contribution in [-0.2, 0) is 14.3 Å². The molecule has 0 fully saturated rings. The Morgan fingerprint density at radius 3 is 2.15 bits per heavy atom. The minimum Gasteiger partial charge on any atom is -0.444 e. The molecule has 0 bridgehead atoms. The smallest absolute Gasteiger partial charge is 0.408 e. The van der Waals surface area contributed by atoms with Gasteiger partial charge in [-0.1, -0.05) is 49.6 Å². The third-order valence-corrected chi connectivity index (χ3v) is 4.87. The first-order chi connectivity index (χ1) is 15.4. The zero-order valence-corrected chi connectivity index (χ0v) is 21.2. The number of nitrogens with one attached hydrogen (secondary N) is 2. The van der Waals surface area contributed by atoms with Gasteiger partial charge in [-0.3, -0.25) is 9.59 Å². The molecule has 1 rings (SSSR count). The number of nitrogens with zero attached hydrogens (tertiary/aromatic N) is 1. The van der Waals surface area contributed by atoms with Crippen LogP contribution >= 0.6 is 0 Å². The van der Waals surface area contributed by atoms with Crippen LogP contribution in [0.2, 0.25) is 0 Å². The molecule has 0 aliphatic carbocycles. The topological polar surface area (TPSA) is 108 Å². The quantitative estimate of drug-likeness (QED) is 0.436. The summed E-state index contributed by atoms with van der Waals surface area (Å²) in [4.78, 5) is 40.5. The summed E-state index contributed by atoms with van der Waals surface area (Å²) in [6, 6.07) is 3.66. The van der Waals surface area contributed by atoms with E-state index in [-0.39, 0.29) is 12.5 Å². The van der Waals surface area contributed by atoms with E-state index in [4.69, 9.17) is 4.74 Å². The molecule has 2 unspecified atom stereocenters. The molecule has 0 saturated heterocycles. The Kier molecular flexibility index (Phi) is 11.4. The molecule has 2 atom stereocenters. The molecular weight excluding hydrogens is 422 g/mol. The Labute approximate surface area is 198 Å². The summed E-state index contributed by atoms with van der Waals surface area (Å²) in [5, 5.41) is 15.3. The highest BCUT2D eigenvalue weighted by atomic mass is 16.6. The van der Waals surface area contributed by atoms with Crippen LogP contribution in [-0.4, -0.2) is 59.3 Å². The predicted octanol–water partition coefficient (Wildman–Crippen LogP) is 3.39. The summed E-state index contributed by atoms with van der Waals surface area (Å²) in [6.07, 6.45) is 1.55. The molecule has 3 amide bonds. The molecule has 0 radical (unpaired) electrons. The highest BCUT2D eigenvalue weighted by Crippen LogP contribution is 2.25. The molecule has 0 spiro atoms. The van der Waals surface area contributed by atoms with Gasteiger partial charge in [0.1, 0.15) is 17.7 Å². The van der Waals surface area contributed by atoms with Crippen molar-refractivity contribution in [1.82, 2.24) is 15.5 Å². The van der Waals surface area contributed by atoms with Crippen LogP contribution in [0.5, 0.6) is 0 Å². The van der Waals surface area contributed by atoms with Crippen molar-refractivity contribution in [2.45, 2.75) is 85.4 Å². The third-order valence-electron chi connectivity index (χ3n) is 4.87. The number of ether oxygens (including phenoxy) is 1. The Bertz CT molecular complexity index is 783. The predicted molar refractivity (Wildman–Crippen MR) is 129 cm³/mol. The number of carbonyl (C=O) groups excluding carboxylic acids is 3. The third kappa shape index (κ3) is 9.42. The number of aliphatic hydroxyl groups is 1. The van der Waals surface area contributed by atoms with Crippen LogP contribution in [0.15, 0.2) is 18.2 Å². The summed E-state index contributed by atoms with van der Waals surface area (Å²) in [7, 11) is 0. The minimum absolute atomic E-state index is 0.282. The first-order valence-electron chi connectivity index (χ1n) is 11.7. The molecule has 0 heterocycles. The Morgan fingerprint density at radius 2 is 1.67 bits per heavy atom. The van der Waals surface area contributed by atoms with Crippen molar-refractivity contribution in [1.29, 1.82) is 0 Å². The van der Waals surface area contributed by atoms with Crippen molar-refractivity contribution < 1.29 is 24.2 Å². The molecule has 0 aliphatic rings. The first kappa shape index (κ1) is 28.4. The fourth-order valence-corrected chi connectivity index (χ4v) is 3.57. The molecule has 8 nitrogen and oxygen atoms in total. The van der Waals surface area contributed by atoms with E-state index in [0.29, 0.717) is 18.5 Å². The van der Waals surface area contributed by atoms with Gasteiger partial charge in [0.2, 0.25) is 11.8 Å². The van der Waals surface area contributed by atoms with Crippen LogP contribution in [0.3, 0.4) is 0 Å². The molecule has 1 aromatic carbocycles. The zero-order valence-electron chi connectivity index (χ0n) is 21.2. The van der Waals surface area contributed by atoms with Gasteiger partial charge in [-0.05, 0) is 53.0 Å². The van der Waals surface area contributed by atoms with Crippen LogP contribution in [0.25, 0.3) is 0 Å². The van der Waals surface area contributed by atoms with Crippen LogP contribution in [0, 0.1) is 13.8 Å². The van der Waals surface area contributed by atoms with Crippen molar-refractivity contribution in [3.8, 4) is 0 Å². The fourth-order valence-electron chi connectivity index (χ4n) is 3.57. The fraction of sp³-hybridized carbons (Fsp3) is 0.640. The number of carbonyl (C=O) groups is 3. The van der Waals surface area contributed by atoms with E-state index >= 15 is 0 Å². The second-order valence-electron chi connectivity index (χ2n) is 9.38. The van der Waals surface area contributed by atoms with E-state index in [1.54, 1.807) is 20.8 Å². The maximum Gasteiger partial charge on any atom is 0.408 e. The van der Waals surface area contributed by atoms with Crippen molar-refractivity contribution >= 4 is 17.9 Å². The molecule has 0 saturated carbocycles. The minimum atomic E-state index is -1.23. The Morgan fingerprint density at radius 1 is 1.06 bits per heavy atom. The van der Waals surface area contributed by atoms with Gasteiger partial charge >= 0.3 is 6.09 Å². The van der Waals surface area contributed by atoms with E-state index < -0.39 is 36.3 Å². The Balaban J connectivity index is 3.33. The van der Waals surface area contributed by atoms with Gasteiger partial charge < -0.3 is 25.4 Å². The summed E-state index contributed by atoms with van der Waals surface area (Å²) >= 11 is 0. The number of unbranched alkanes of at least 4 members (excludes halogenated alkanes) is 1. The number of alkyl carbamates (subject to hydrolysis) is 1. The van der Waals surface area contributed by atoms with E-state index in [9.17, 15) is 19.5 Å². The van der Waals surface area contributed by atoms with Crippen molar-refractivity contribution in [3.63, 3.8) is 0 Å². The normalized spacial score (nSPS) is 13.1. The summed E-state index contributed by atoms with van der Waals surface area (Å²) in [5.41, 5.74) is 1.89. The number of aliphatic hydroxyl groups excluding tert-OH is 1. The molecule has 186 valence electrons. The lowest BCUT2D eigenvalue weighted by Crippen LogP contribution is -2.54. The number of amides is 3. The van der Waals surface area contributed by atoms with E-state index in [2.05, 4.69) is 10.6 Å². The molecule has 33 heavy (non-hydrogen) atoms. The van der Waals surface area contributed by atoms with Gasteiger partial charge in [0.15, 0.2) is 0 Å². The lowest BCUT2D eigenvalue weighted by atomic mass is 9.98. The molecule has 8 heteroatoms. The van der Waals surface area contributed by atoms with Crippen molar-refractivity contribution in [2.24, 2.45) is 0 Å². The van der Waals surface area contributed by atoms with E-state index in [1.807, 2.05) is 45.9 Å². The van der Waals surface area contributed by atoms with E-state index in [0.717, 1.165) is 24.0 Å². The lowest BCUT2D eigenvalue weighted by Gasteiger charge is -2.34. The van der Waals surface area contributed by atoms with Crippen molar-refractivity contribution in [3.05, 3.63) is 34.9 Å². The highest BCUT2D eigenvalue weighted by Gasteiger charge is 2.35. The van der Waals surface area contributed by atoms with Gasteiger partial charge in [-0.2, -0.15) is 0 Å². The van der Waals surface area contributed by atoms with Gasteiger partial charge in [-0.25, -0.2) is 4.79 Å². The summed E-state index contributed by atoms with van der Waals surface area (Å²) in [5.74, 6) is -0.829. The number of benzene rings is 1. The van der Waals surface area contributed by atoms with Gasteiger partial charge in [0, 0.05) is 13.1 Å². The van der Waals surface area contributed by atoms with Gasteiger partial charge in [0.05, 0.1) is 6.61 Å². The second-order valence-corrected chi connectivity index (χ2v) is 9.38. The van der Waals surface area contributed by atoms with Gasteiger partial charge in [0.25, 0.3) is 0 Å². The van der Waals surface area contributed by atoms with Crippen molar-refractivity contribution in [2.75, 3.05) is 19.7 Å². The second kappa shape index (κ2) is 13.2. The average Bonchev–Trinajstić information content (AvgIpc) is 2.69. The number of hydrogen-bond acceptors (Lipinski definition) is 5. The lowest BCUT2D eigenvalue weighted by molar-refractivity contribution is -0.143. The maximum atomic E-state index is 13.5.